The van der Waals surface area contributed by atoms with Crippen LogP contribution in [0.5, 0.6) is 0 Å². The van der Waals surface area contributed by atoms with E-state index in [4.69, 9.17) is 5.11 Å². The molecule has 0 amide bonds. The maximum absolute atomic E-state index is 13.6. The first-order chi connectivity index (χ1) is 9.69. The first-order valence-corrected chi connectivity index (χ1v) is 6.98. The van der Waals surface area contributed by atoms with Gasteiger partial charge in [0.1, 0.15) is 5.82 Å². The normalized spacial score (nSPS) is 16.8. The fraction of sp³-hybridized carbons (Fsp3) is 0.500. The van der Waals surface area contributed by atoms with Gasteiger partial charge < -0.3 is 10.0 Å². The predicted molar refractivity (Wildman–Crippen MR) is 77.8 cm³/mol. The van der Waals surface area contributed by atoms with Crippen LogP contribution in [0.2, 0.25) is 0 Å². The van der Waals surface area contributed by atoms with Crippen LogP contribution in [0.15, 0.2) is 18.2 Å². The van der Waals surface area contributed by atoms with E-state index in [-0.39, 0.29) is 12.4 Å². The lowest BCUT2D eigenvalue weighted by molar-refractivity contribution is 0.148. The van der Waals surface area contributed by atoms with E-state index in [9.17, 15) is 4.39 Å². The minimum absolute atomic E-state index is 0.00953. The second kappa shape index (κ2) is 7.39. The Bertz CT molecular complexity index is 499. The molecule has 1 aliphatic heterocycles. The summed E-state index contributed by atoms with van der Waals surface area (Å²) in [5.74, 6) is 5.26. The van der Waals surface area contributed by atoms with Crippen LogP contribution in [0.3, 0.4) is 0 Å². The zero-order valence-corrected chi connectivity index (χ0v) is 11.9. The van der Waals surface area contributed by atoms with Crippen molar-refractivity contribution in [3.05, 3.63) is 35.1 Å². The summed E-state index contributed by atoms with van der Waals surface area (Å²) in [5.41, 5.74) is 1.51. The molecule has 0 saturated carbocycles. The van der Waals surface area contributed by atoms with Gasteiger partial charge in [-0.25, -0.2) is 4.39 Å². The largest absolute Gasteiger partial charge is 0.395 e. The zero-order valence-electron chi connectivity index (χ0n) is 11.9. The van der Waals surface area contributed by atoms with Crippen molar-refractivity contribution in [2.75, 3.05) is 39.8 Å². The summed E-state index contributed by atoms with van der Waals surface area (Å²) in [6, 6.07) is 5.12. The molecule has 0 unspecified atom stereocenters. The van der Waals surface area contributed by atoms with Gasteiger partial charge >= 0.3 is 0 Å². The summed E-state index contributed by atoms with van der Waals surface area (Å²) >= 11 is 0. The summed E-state index contributed by atoms with van der Waals surface area (Å²) in [7, 11) is 2.13. The molecule has 0 radical (unpaired) electrons. The number of hydrogen-bond acceptors (Lipinski definition) is 3. The molecule has 1 aromatic carbocycles. The fourth-order valence-corrected chi connectivity index (χ4v) is 2.24. The van der Waals surface area contributed by atoms with E-state index in [1.165, 1.54) is 6.07 Å². The topological polar surface area (TPSA) is 26.7 Å². The van der Waals surface area contributed by atoms with Crippen molar-refractivity contribution in [1.29, 1.82) is 0 Å². The molecule has 1 saturated heterocycles. The molecular weight excluding hydrogens is 255 g/mol. The Morgan fingerprint density at radius 3 is 2.70 bits per heavy atom. The molecule has 1 N–H and O–H groups in total. The summed E-state index contributed by atoms with van der Waals surface area (Å²) in [4.78, 5) is 4.69. The van der Waals surface area contributed by atoms with Crippen LogP contribution >= 0.6 is 0 Å². The SMILES string of the molecule is CN1CCN(Cc2ccc(F)c(C#CCCO)c2)CC1. The third-order valence-corrected chi connectivity index (χ3v) is 3.49. The molecule has 0 atom stereocenters. The Morgan fingerprint density at radius 2 is 2.00 bits per heavy atom. The number of aliphatic hydroxyl groups is 1. The summed E-state index contributed by atoms with van der Waals surface area (Å²) in [6.07, 6.45) is 0.377. The molecule has 0 aliphatic carbocycles. The fourth-order valence-electron chi connectivity index (χ4n) is 2.24. The molecule has 1 aromatic rings. The van der Waals surface area contributed by atoms with Gasteiger partial charge in [-0.1, -0.05) is 17.9 Å². The highest BCUT2D eigenvalue weighted by molar-refractivity contribution is 5.38. The quantitative estimate of drug-likeness (QED) is 0.843. The van der Waals surface area contributed by atoms with E-state index < -0.39 is 0 Å². The molecule has 0 bridgehead atoms. The first-order valence-electron chi connectivity index (χ1n) is 6.98. The van der Waals surface area contributed by atoms with E-state index in [2.05, 4.69) is 28.7 Å². The van der Waals surface area contributed by atoms with Crippen LogP contribution in [0.4, 0.5) is 4.39 Å². The van der Waals surface area contributed by atoms with Crippen LogP contribution in [0, 0.1) is 17.7 Å². The van der Waals surface area contributed by atoms with Gasteiger partial charge in [-0.3, -0.25) is 4.90 Å². The van der Waals surface area contributed by atoms with Crippen molar-refractivity contribution in [1.82, 2.24) is 9.80 Å². The summed E-state index contributed by atoms with van der Waals surface area (Å²) in [6.45, 7) is 5.08. The number of benzene rings is 1. The maximum atomic E-state index is 13.6. The Hall–Kier alpha value is -1.41. The second-order valence-corrected chi connectivity index (χ2v) is 5.17. The Balaban J connectivity index is 2.02. The van der Waals surface area contributed by atoms with Crippen LogP contribution in [-0.4, -0.2) is 54.7 Å². The molecule has 4 heteroatoms. The van der Waals surface area contributed by atoms with Crippen molar-refractivity contribution >= 4 is 0 Å². The van der Waals surface area contributed by atoms with Crippen LogP contribution < -0.4 is 0 Å². The Kier molecular flexibility index (Phi) is 5.54. The highest BCUT2D eigenvalue weighted by atomic mass is 19.1. The van der Waals surface area contributed by atoms with Gasteiger partial charge in [0.25, 0.3) is 0 Å². The molecular formula is C16H21FN2O. The van der Waals surface area contributed by atoms with Crippen LogP contribution in [0.1, 0.15) is 17.5 Å². The van der Waals surface area contributed by atoms with E-state index in [0.29, 0.717) is 12.0 Å². The average molecular weight is 276 g/mol. The van der Waals surface area contributed by atoms with Gasteiger partial charge in [-0.05, 0) is 24.7 Å². The van der Waals surface area contributed by atoms with Gasteiger partial charge in [-0.15, -0.1) is 0 Å². The molecule has 1 fully saturated rings. The molecule has 1 heterocycles. The van der Waals surface area contributed by atoms with Gasteiger partial charge in [-0.2, -0.15) is 0 Å². The van der Waals surface area contributed by atoms with Gasteiger partial charge in [0.05, 0.1) is 12.2 Å². The second-order valence-electron chi connectivity index (χ2n) is 5.17. The minimum atomic E-state index is -0.294. The number of halogens is 1. The average Bonchev–Trinajstić information content (AvgIpc) is 2.45. The first kappa shape index (κ1) is 15.0. The van der Waals surface area contributed by atoms with E-state index in [0.717, 1.165) is 38.3 Å². The number of rotatable bonds is 3. The highest BCUT2D eigenvalue weighted by Gasteiger charge is 2.14. The molecule has 2 rings (SSSR count). The molecule has 20 heavy (non-hydrogen) atoms. The van der Waals surface area contributed by atoms with E-state index in [1.807, 2.05) is 12.1 Å². The monoisotopic (exact) mass is 276 g/mol. The number of aliphatic hydroxyl groups excluding tert-OH is 1. The van der Waals surface area contributed by atoms with Crippen LogP contribution in [-0.2, 0) is 6.54 Å². The third-order valence-electron chi connectivity index (χ3n) is 3.49. The van der Waals surface area contributed by atoms with Crippen molar-refractivity contribution in [3.63, 3.8) is 0 Å². The number of likely N-dealkylation sites (N-methyl/N-ethyl adjacent to an activating group) is 1. The van der Waals surface area contributed by atoms with Crippen molar-refractivity contribution in [3.8, 4) is 11.8 Å². The van der Waals surface area contributed by atoms with Crippen molar-refractivity contribution < 1.29 is 9.50 Å². The van der Waals surface area contributed by atoms with Crippen molar-refractivity contribution in [2.24, 2.45) is 0 Å². The van der Waals surface area contributed by atoms with Crippen molar-refractivity contribution in [2.45, 2.75) is 13.0 Å². The Morgan fingerprint density at radius 1 is 1.25 bits per heavy atom. The minimum Gasteiger partial charge on any atom is -0.395 e. The lowest BCUT2D eigenvalue weighted by Crippen LogP contribution is -2.43. The van der Waals surface area contributed by atoms with Gasteiger partial charge in [0.15, 0.2) is 0 Å². The number of nitrogens with zero attached hydrogens (tertiary/aromatic N) is 2. The molecule has 108 valence electrons. The third kappa shape index (κ3) is 4.31. The molecule has 0 aromatic heterocycles. The number of hydrogen-bond donors (Lipinski definition) is 1. The lowest BCUT2D eigenvalue weighted by Gasteiger charge is -2.32. The summed E-state index contributed by atoms with van der Waals surface area (Å²) in [5, 5.41) is 8.70. The lowest BCUT2D eigenvalue weighted by atomic mass is 10.1. The maximum Gasteiger partial charge on any atom is 0.138 e. The highest BCUT2D eigenvalue weighted by Crippen LogP contribution is 2.13. The van der Waals surface area contributed by atoms with E-state index >= 15 is 0 Å². The molecule has 1 aliphatic rings. The molecule has 0 spiro atoms. The Labute approximate surface area is 120 Å². The van der Waals surface area contributed by atoms with Crippen LogP contribution in [0.25, 0.3) is 0 Å². The number of piperazine rings is 1. The molecule has 3 nitrogen and oxygen atoms in total. The predicted octanol–water partition coefficient (Wildman–Crippen LogP) is 1.31. The smallest absolute Gasteiger partial charge is 0.138 e. The van der Waals surface area contributed by atoms with Gasteiger partial charge in [0.2, 0.25) is 0 Å². The van der Waals surface area contributed by atoms with E-state index in [1.54, 1.807) is 0 Å². The standard InChI is InChI=1S/C16H21FN2O/c1-18-7-9-19(10-8-18)13-14-5-6-16(17)15(12-14)4-2-3-11-20/h5-6,12,20H,3,7-11,13H2,1H3. The van der Waals surface area contributed by atoms with Gasteiger partial charge in [0, 0.05) is 39.1 Å². The zero-order chi connectivity index (χ0) is 14.4. The summed E-state index contributed by atoms with van der Waals surface area (Å²) < 4.78 is 13.6.